The Bertz CT molecular complexity index is 1160. The highest BCUT2D eigenvalue weighted by molar-refractivity contribution is 7.47. The van der Waals surface area contributed by atoms with Crippen molar-refractivity contribution >= 4 is 19.8 Å². The van der Waals surface area contributed by atoms with Crippen molar-refractivity contribution in [2.75, 3.05) is 47.5 Å². The van der Waals surface area contributed by atoms with Crippen molar-refractivity contribution in [1.29, 1.82) is 0 Å². The molecule has 1 N–H and O–H groups in total. The van der Waals surface area contributed by atoms with Crippen LogP contribution in [0.15, 0.2) is 12.2 Å². The molecule has 0 bridgehead atoms. The van der Waals surface area contributed by atoms with Crippen molar-refractivity contribution in [2.45, 2.75) is 302 Å². The molecule has 0 aliphatic heterocycles. The van der Waals surface area contributed by atoms with Gasteiger partial charge in [-0.25, -0.2) is 4.57 Å². The molecule has 0 rings (SSSR count). The number of likely N-dealkylation sites (N-methyl/N-ethyl adjacent to an activating group) is 1. The number of carbonyl (C=O) groups is 2. The van der Waals surface area contributed by atoms with Crippen LogP contribution in [-0.2, 0) is 32.7 Å². The Balaban J connectivity index is 4.09. The van der Waals surface area contributed by atoms with Crippen LogP contribution in [0.5, 0.6) is 0 Å². The fourth-order valence-electron chi connectivity index (χ4n) is 8.72. The summed E-state index contributed by atoms with van der Waals surface area (Å²) in [5.74, 6) is -0.781. The summed E-state index contributed by atoms with van der Waals surface area (Å²) in [5, 5.41) is 0. The quantitative estimate of drug-likeness (QED) is 0.0211. The van der Waals surface area contributed by atoms with Gasteiger partial charge in [0.2, 0.25) is 0 Å². The number of ether oxygens (including phenoxy) is 2. The minimum absolute atomic E-state index is 0.0350. The highest BCUT2D eigenvalue weighted by atomic mass is 31.2. The van der Waals surface area contributed by atoms with Gasteiger partial charge in [-0.2, -0.15) is 0 Å². The Morgan fingerprint density at radius 2 is 0.750 bits per heavy atom. The third-order valence-electron chi connectivity index (χ3n) is 13.3. The first-order valence-corrected chi connectivity index (χ1v) is 30.9. The number of nitrogens with zero attached hydrogens (tertiary/aromatic N) is 1. The highest BCUT2D eigenvalue weighted by Gasteiger charge is 2.27. The molecular weight excluding hydrogens is 870 g/mol. The SMILES string of the molecule is CCCCCCCC/C=C\CCCCCCCCCCCC(=O)OC(COC(=O)CCCCCCCCCCCCCCCCCCCCCCCCCCC)COP(=O)(O)OCC[N+](C)(C)C. The molecule has 0 fully saturated rings. The topological polar surface area (TPSA) is 108 Å². The molecule has 0 aromatic rings. The van der Waals surface area contributed by atoms with Crippen LogP contribution in [0.1, 0.15) is 296 Å². The number of esters is 2. The van der Waals surface area contributed by atoms with E-state index in [1.54, 1.807) is 0 Å². The number of hydrogen-bond donors (Lipinski definition) is 1. The Morgan fingerprint density at radius 3 is 1.09 bits per heavy atom. The maximum atomic E-state index is 12.8. The average molecular weight is 986 g/mol. The Hall–Kier alpha value is -1.25. The molecule has 68 heavy (non-hydrogen) atoms. The van der Waals surface area contributed by atoms with Crippen molar-refractivity contribution in [3.05, 3.63) is 12.2 Å². The van der Waals surface area contributed by atoms with E-state index in [0.29, 0.717) is 23.9 Å². The largest absolute Gasteiger partial charge is 0.472 e. The first-order valence-electron chi connectivity index (χ1n) is 29.4. The molecule has 10 heteroatoms. The zero-order valence-corrected chi connectivity index (χ0v) is 46.8. The summed E-state index contributed by atoms with van der Waals surface area (Å²) in [5.41, 5.74) is 0. The summed E-state index contributed by atoms with van der Waals surface area (Å²) >= 11 is 0. The molecule has 0 aliphatic rings. The van der Waals surface area contributed by atoms with Gasteiger partial charge in [-0.05, 0) is 38.5 Å². The smallest absolute Gasteiger partial charge is 0.462 e. The van der Waals surface area contributed by atoms with Crippen molar-refractivity contribution in [2.24, 2.45) is 0 Å². The van der Waals surface area contributed by atoms with E-state index in [9.17, 15) is 19.0 Å². The van der Waals surface area contributed by atoms with E-state index >= 15 is 0 Å². The zero-order valence-electron chi connectivity index (χ0n) is 45.9. The van der Waals surface area contributed by atoms with Gasteiger partial charge in [0.05, 0.1) is 27.7 Å². The van der Waals surface area contributed by atoms with E-state index in [1.165, 1.54) is 231 Å². The van der Waals surface area contributed by atoms with Gasteiger partial charge in [-0.3, -0.25) is 18.6 Å². The van der Waals surface area contributed by atoms with Gasteiger partial charge in [0, 0.05) is 12.8 Å². The molecule has 0 amide bonds. The summed E-state index contributed by atoms with van der Waals surface area (Å²) in [6.07, 6.45) is 58.5. The van der Waals surface area contributed by atoms with E-state index in [0.717, 1.165) is 32.1 Å². The lowest BCUT2D eigenvalue weighted by molar-refractivity contribution is -0.870. The normalized spacial score (nSPS) is 13.3. The summed E-state index contributed by atoms with van der Waals surface area (Å²) in [6.45, 7) is 4.49. The third-order valence-corrected chi connectivity index (χ3v) is 14.3. The molecule has 0 aliphatic carbocycles. The molecule has 2 atom stereocenters. The molecule has 2 unspecified atom stereocenters. The molecule has 0 heterocycles. The number of unbranched alkanes of at least 4 members (excludes halogenated alkanes) is 39. The van der Waals surface area contributed by atoms with Crippen molar-refractivity contribution in [1.82, 2.24) is 0 Å². The molecule has 9 nitrogen and oxygen atoms in total. The lowest BCUT2D eigenvalue weighted by Crippen LogP contribution is -2.37. The first-order chi connectivity index (χ1) is 33.0. The molecule has 0 aromatic carbocycles. The second kappa shape index (κ2) is 50.7. The fourth-order valence-corrected chi connectivity index (χ4v) is 9.46. The van der Waals surface area contributed by atoms with Gasteiger partial charge in [0.15, 0.2) is 6.10 Å². The number of rotatable bonds is 55. The van der Waals surface area contributed by atoms with Gasteiger partial charge < -0.3 is 18.9 Å². The second-order valence-corrected chi connectivity index (χ2v) is 22.8. The van der Waals surface area contributed by atoms with Gasteiger partial charge in [-0.15, -0.1) is 0 Å². The van der Waals surface area contributed by atoms with Gasteiger partial charge in [-0.1, -0.05) is 257 Å². The Morgan fingerprint density at radius 1 is 0.441 bits per heavy atom. The van der Waals surface area contributed by atoms with Crippen molar-refractivity contribution in [3.63, 3.8) is 0 Å². The predicted molar refractivity (Wildman–Crippen MR) is 289 cm³/mol. The van der Waals surface area contributed by atoms with Crippen LogP contribution in [0.25, 0.3) is 0 Å². The summed E-state index contributed by atoms with van der Waals surface area (Å²) < 4.78 is 34.6. The Labute approximate surface area is 422 Å². The van der Waals surface area contributed by atoms with Crippen molar-refractivity contribution < 1.29 is 42.1 Å². The van der Waals surface area contributed by atoms with Gasteiger partial charge in [0.1, 0.15) is 19.8 Å². The van der Waals surface area contributed by atoms with E-state index in [-0.39, 0.29) is 25.6 Å². The maximum Gasteiger partial charge on any atom is 0.472 e. The summed E-state index contributed by atoms with van der Waals surface area (Å²) in [6, 6.07) is 0. The van der Waals surface area contributed by atoms with E-state index in [2.05, 4.69) is 26.0 Å². The number of allylic oxidation sites excluding steroid dienone is 2. The van der Waals surface area contributed by atoms with Crippen LogP contribution in [0.2, 0.25) is 0 Å². The maximum absolute atomic E-state index is 12.8. The summed E-state index contributed by atoms with van der Waals surface area (Å²) in [4.78, 5) is 35.7. The van der Waals surface area contributed by atoms with Crippen LogP contribution >= 0.6 is 7.82 Å². The monoisotopic (exact) mass is 985 g/mol. The standard InChI is InChI=1S/C58H114NO8P/c1-6-8-10-12-14-16-18-20-22-24-26-27-28-29-30-31-33-34-36-38-40-42-44-46-48-50-57(60)64-54-56(55-66-68(62,63)65-53-52-59(3,4)5)67-58(61)51-49-47-45-43-41-39-37-35-32-25-23-21-19-17-15-13-11-9-7-2/h21,23,56H,6-20,22,24-55H2,1-5H3/p+1/b23-21-. The minimum atomic E-state index is -4.38. The number of phosphoric acid groups is 1. The van der Waals surface area contributed by atoms with Crippen LogP contribution < -0.4 is 0 Å². The average Bonchev–Trinajstić information content (AvgIpc) is 3.30. The number of phosphoric ester groups is 1. The highest BCUT2D eigenvalue weighted by Crippen LogP contribution is 2.43. The van der Waals surface area contributed by atoms with Crippen LogP contribution in [0, 0.1) is 0 Å². The van der Waals surface area contributed by atoms with Crippen LogP contribution in [-0.4, -0.2) is 74.9 Å². The fraction of sp³-hybridized carbons (Fsp3) is 0.931. The lowest BCUT2D eigenvalue weighted by atomic mass is 10.0. The zero-order chi connectivity index (χ0) is 49.9. The molecule has 0 saturated heterocycles. The van der Waals surface area contributed by atoms with Crippen molar-refractivity contribution in [3.8, 4) is 0 Å². The Kier molecular flexibility index (Phi) is 49.8. The number of quaternary nitrogens is 1. The minimum Gasteiger partial charge on any atom is -0.462 e. The summed E-state index contributed by atoms with van der Waals surface area (Å²) in [7, 11) is 1.49. The third kappa shape index (κ3) is 54.1. The van der Waals surface area contributed by atoms with Gasteiger partial charge in [0.25, 0.3) is 0 Å². The molecule has 0 spiro atoms. The van der Waals surface area contributed by atoms with E-state index < -0.39 is 26.5 Å². The van der Waals surface area contributed by atoms with Gasteiger partial charge >= 0.3 is 19.8 Å². The number of hydrogen-bond acceptors (Lipinski definition) is 7. The van der Waals surface area contributed by atoms with Crippen LogP contribution in [0.3, 0.4) is 0 Å². The lowest BCUT2D eigenvalue weighted by Gasteiger charge is -2.24. The number of carbonyl (C=O) groups excluding carboxylic acids is 2. The first kappa shape index (κ1) is 66.8. The van der Waals surface area contributed by atoms with Crippen LogP contribution in [0.4, 0.5) is 0 Å². The van der Waals surface area contributed by atoms with E-state index in [4.69, 9.17) is 18.5 Å². The molecule has 0 saturated carbocycles. The molecule has 0 aromatic heterocycles. The second-order valence-electron chi connectivity index (χ2n) is 21.4. The predicted octanol–water partition coefficient (Wildman–Crippen LogP) is 18.0. The molecule has 404 valence electrons. The molecular formula is C58H115NO8P+. The molecule has 0 radical (unpaired) electrons. The van der Waals surface area contributed by atoms with E-state index in [1.807, 2.05) is 21.1 Å².